The van der Waals surface area contributed by atoms with E-state index >= 15 is 0 Å². The van der Waals surface area contributed by atoms with E-state index in [0.29, 0.717) is 5.56 Å². The summed E-state index contributed by atoms with van der Waals surface area (Å²) in [6.07, 6.45) is -5.01. The van der Waals surface area contributed by atoms with Crippen molar-refractivity contribution in [1.29, 1.82) is 0 Å². The second kappa shape index (κ2) is 9.94. The van der Waals surface area contributed by atoms with Crippen LogP contribution < -0.4 is 11.0 Å². The molecule has 1 saturated heterocycles. The van der Waals surface area contributed by atoms with Crippen molar-refractivity contribution in [1.82, 2.24) is 9.55 Å². The third-order valence-corrected chi connectivity index (χ3v) is 7.98. The number of aliphatic hydroxyl groups excluding tert-OH is 2. The summed E-state index contributed by atoms with van der Waals surface area (Å²) >= 11 is 0. The zero-order chi connectivity index (χ0) is 24.4. The first-order valence-electron chi connectivity index (χ1n) is 9.34. The molecule has 2 heterocycles. The van der Waals surface area contributed by atoms with Gasteiger partial charge in [0.1, 0.15) is 24.1 Å². The maximum absolute atomic E-state index is 12.4. The number of hydrogen-bond donors (Lipinski definition) is 6. The molecule has 33 heavy (non-hydrogen) atoms. The number of ether oxygens (including phenoxy) is 1. The van der Waals surface area contributed by atoms with Crippen LogP contribution >= 0.6 is 15.2 Å². The molecule has 1 aliphatic rings. The van der Waals surface area contributed by atoms with Crippen LogP contribution in [-0.4, -0.2) is 71.2 Å². The summed E-state index contributed by atoms with van der Waals surface area (Å²) in [6.45, 7) is -0.796. The van der Waals surface area contributed by atoms with Gasteiger partial charge in [-0.25, -0.2) is 4.79 Å². The van der Waals surface area contributed by atoms with Gasteiger partial charge in [-0.2, -0.15) is 4.98 Å². The number of carbonyl (C=O) groups excluding carboxylic acids is 1. The number of amides is 1. The Bertz CT molecular complexity index is 1150. The van der Waals surface area contributed by atoms with Crippen molar-refractivity contribution in [2.24, 2.45) is 0 Å². The minimum absolute atomic E-state index is 0.0725. The molecular weight excluding hydrogens is 484 g/mol. The van der Waals surface area contributed by atoms with E-state index in [2.05, 4.69) is 14.8 Å². The average molecular weight is 505 g/mol. The van der Waals surface area contributed by atoms with E-state index in [4.69, 9.17) is 14.5 Å². The zero-order valence-corrected chi connectivity index (χ0v) is 18.5. The molecule has 16 heteroatoms. The Hall–Kier alpha value is -2.25. The summed E-state index contributed by atoms with van der Waals surface area (Å²) in [5.74, 6) is -2.01. The van der Waals surface area contributed by atoms with Crippen molar-refractivity contribution in [2.75, 3.05) is 17.8 Å². The quantitative estimate of drug-likeness (QED) is 0.249. The van der Waals surface area contributed by atoms with E-state index in [1.165, 1.54) is 6.07 Å². The van der Waals surface area contributed by atoms with Crippen molar-refractivity contribution < 1.29 is 48.1 Å². The molecule has 0 saturated carbocycles. The van der Waals surface area contributed by atoms with E-state index in [-0.39, 0.29) is 5.82 Å². The minimum atomic E-state index is -4.85. The number of carbonyl (C=O) groups is 1. The fraction of sp³-hybridized carbons (Fsp3) is 0.353. The normalized spacial score (nSPS) is 24.9. The first-order chi connectivity index (χ1) is 15.4. The summed E-state index contributed by atoms with van der Waals surface area (Å²) in [5, 5.41) is 22.8. The smallest absolute Gasteiger partial charge is 0.351 e. The first kappa shape index (κ1) is 25.4. The third kappa shape index (κ3) is 6.64. The fourth-order valence-corrected chi connectivity index (χ4v) is 5.58. The number of anilines is 1. The Labute approximate surface area is 186 Å². The van der Waals surface area contributed by atoms with E-state index in [1.54, 1.807) is 30.3 Å². The van der Waals surface area contributed by atoms with Gasteiger partial charge in [-0.05, 0) is 18.2 Å². The molecule has 0 bridgehead atoms. The second-order valence-electron chi connectivity index (χ2n) is 7.11. The minimum Gasteiger partial charge on any atom is -0.387 e. The Morgan fingerprint density at radius 1 is 1.12 bits per heavy atom. The molecule has 1 aromatic heterocycles. The van der Waals surface area contributed by atoms with Gasteiger partial charge in [0.15, 0.2) is 12.1 Å². The van der Waals surface area contributed by atoms with Gasteiger partial charge in [0.2, 0.25) is 0 Å². The molecule has 180 valence electrons. The molecule has 2 unspecified atom stereocenters. The lowest BCUT2D eigenvalue weighted by Crippen LogP contribution is -2.36. The van der Waals surface area contributed by atoms with Crippen molar-refractivity contribution >= 4 is 26.9 Å². The molecule has 1 aliphatic heterocycles. The number of nitrogens with one attached hydrogen (secondary N) is 1. The highest BCUT2D eigenvalue weighted by Crippen LogP contribution is 2.55. The van der Waals surface area contributed by atoms with E-state index < -0.39 is 63.8 Å². The number of hydrogen-bond acceptors (Lipinski definition) is 9. The molecule has 0 radical (unpaired) electrons. The van der Waals surface area contributed by atoms with Gasteiger partial charge in [0, 0.05) is 11.8 Å². The Balaban J connectivity index is 1.68. The van der Waals surface area contributed by atoms with Crippen LogP contribution in [0.15, 0.2) is 47.4 Å². The predicted octanol–water partition coefficient (Wildman–Crippen LogP) is -0.548. The van der Waals surface area contributed by atoms with Crippen molar-refractivity contribution in [2.45, 2.75) is 24.5 Å². The number of aromatic nitrogens is 2. The summed E-state index contributed by atoms with van der Waals surface area (Å²) in [7, 11) is -9.57. The number of rotatable bonds is 8. The van der Waals surface area contributed by atoms with E-state index in [1.807, 2.05) is 0 Å². The van der Waals surface area contributed by atoms with Crippen molar-refractivity contribution in [3.05, 3.63) is 58.6 Å². The Morgan fingerprint density at radius 2 is 1.79 bits per heavy atom. The van der Waals surface area contributed by atoms with Crippen LogP contribution in [-0.2, 0) is 18.4 Å². The maximum Gasteiger partial charge on any atom is 0.351 e. The zero-order valence-electron chi connectivity index (χ0n) is 16.7. The van der Waals surface area contributed by atoms with Crippen LogP contribution in [0.4, 0.5) is 5.82 Å². The van der Waals surface area contributed by atoms with Gasteiger partial charge in [0.25, 0.3) is 5.91 Å². The molecular formula is C17H21N3O11P2. The average Bonchev–Trinajstić information content (AvgIpc) is 3.00. The molecule has 0 spiro atoms. The van der Waals surface area contributed by atoms with Crippen molar-refractivity contribution in [3.8, 4) is 0 Å². The van der Waals surface area contributed by atoms with E-state index in [9.17, 15) is 33.8 Å². The topological polar surface area (TPSA) is 218 Å². The highest BCUT2D eigenvalue weighted by atomic mass is 31.2. The molecule has 2 aromatic rings. The van der Waals surface area contributed by atoms with Crippen LogP contribution in [0.2, 0.25) is 0 Å². The Kier molecular flexibility index (Phi) is 7.64. The van der Waals surface area contributed by atoms with Gasteiger partial charge in [-0.1, -0.05) is 18.2 Å². The Morgan fingerprint density at radius 3 is 2.39 bits per heavy atom. The van der Waals surface area contributed by atoms with Gasteiger partial charge < -0.3 is 39.5 Å². The number of nitrogens with zero attached hydrogens (tertiary/aromatic N) is 2. The van der Waals surface area contributed by atoms with Crippen LogP contribution in [0.3, 0.4) is 0 Å². The fourth-order valence-electron chi connectivity index (χ4n) is 3.01. The molecule has 0 aliphatic carbocycles. The highest BCUT2D eigenvalue weighted by molar-refractivity contribution is 7.70. The van der Waals surface area contributed by atoms with Crippen LogP contribution in [0.5, 0.6) is 0 Å². The third-order valence-electron chi connectivity index (χ3n) is 4.52. The summed E-state index contributed by atoms with van der Waals surface area (Å²) in [4.78, 5) is 55.4. The molecule has 6 N–H and O–H groups in total. The standard InChI is InChI=1S/C17H21N3O11P2/c21-13-11(8-30-33(28,29)9-32(25,26)27)31-16(14(13)22)20-7-6-12(19-17(20)24)18-15(23)10-4-2-1-3-5-10/h1-7,11,13-14,16,21-22H,8-9H2,(H,28,29)(H2,25,26,27)(H,18,19,23,24)/t11-,13?,14+,16-/m1/s1. The first-order valence-corrected chi connectivity index (χ1v) is 12.9. The van der Waals surface area contributed by atoms with Crippen molar-refractivity contribution in [3.63, 3.8) is 0 Å². The van der Waals surface area contributed by atoms with Crippen LogP contribution in [0.1, 0.15) is 16.6 Å². The summed E-state index contributed by atoms with van der Waals surface area (Å²) in [5.41, 5.74) is -0.600. The molecule has 1 amide bonds. The van der Waals surface area contributed by atoms with E-state index in [0.717, 1.165) is 10.8 Å². The van der Waals surface area contributed by atoms with Gasteiger partial charge in [0.05, 0.1) is 6.61 Å². The van der Waals surface area contributed by atoms with Crippen LogP contribution in [0, 0.1) is 0 Å². The molecule has 3 rings (SSSR count). The monoisotopic (exact) mass is 505 g/mol. The molecule has 1 aromatic carbocycles. The molecule has 5 atom stereocenters. The second-order valence-corrected chi connectivity index (χ2v) is 11.1. The van der Waals surface area contributed by atoms with Gasteiger partial charge in [-0.3, -0.25) is 18.5 Å². The summed E-state index contributed by atoms with van der Waals surface area (Å²) in [6, 6.07) is 9.43. The van der Waals surface area contributed by atoms with Gasteiger partial charge in [-0.15, -0.1) is 0 Å². The summed E-state index contributed by atoms with van der Waals surface area (Å²) < 4.78 is 33.4. The number of aliphatic hydroxyl groups is 2. The molecule has 14 nitrogen and oxygen atoms in total. The highest BCUT2D eigenvalue weighted by Gasteiger charge is 2.45. The van der Waals surface area contributed by atoms with Gasteiger partial charge >= 0.3 is 20.9 Å². The number of benzene rings is 1. The van der Waals surface area contributed by atoms with Crippen LogP contribution in [0.25, 0.3) is 0 Å². The molecule has 1 fully saturated rings. The lowest BCUT2D eigenvalue weighted by Gasteiger charge is -2.18. The maximum atomic E-state index is 12.4. The predicted molar refractivity (Wildman–Crippen MR) is 112 cm³/mol. The SMILES string of the molecule is O=C(Nc1ccn([C@@H]2O[C@H](COP(=O)(O)CP(=O)(O)O)C(O)[C@@H]2O)c(=O)n1)c1ccccc1. The lowest BCUT2D eigenvalue weighted by molar-refractivity contribution is -0.0523. The lowest BCUT2D eigenvalue weighted by atomic mass is 10.1. The largest absolute Gasteiger partial charge is 0.387 e.